The molecule has 0 unspecified atom stereocenters. The molecule has 1 aromatic rings. The van der Waals surface area contributed by atoms with Gasteiger partial charge in [0.1, 0.15) is 24.1 Å². The first-order valence-electron chi connectivity index (χ1n) is 10.4. The van der Waals surface area contributed by atoms with Gasteiger partial charge in [-0.1, -0.05) is 13.3 Å². The smallest absolute Gasteiger partial charge is 0.328 e. The van der Waals surface area contributed by atoms with E-state index < -0.39 is 23.9 Å². The van der Waals surface area contributed by atoms with Crippen LogP contribution in [0.15, 0.2) is 23.2 Å². The molecule has 0 spiro atoms. The fraction of sp³-hybridized carbons (Fsp3) is 0.500. The first kappa shape index (κ1) is 24.6. The van der Waals surface area contributed by atoms with Gasteiger partial charge in [0.05, 0.1) is 18.7 Å². The number of phenolic OH excluding ortho intramolecular Hbond substituents is 1. The predicted molar refractivity (Wildman–Crippen MR) is 117 cm³/mol. The molecule has 12 heteroatoms. The Balaban J connectivity index is 1.80. The van der Waals surface area contributed by atoms with Crippen molar-refractivity contribution in [3.05, 3.63) is 23.8 Å². The number of aliphatic imine (C=N–C) groups is 1. The number of hydrogen-bond acceptors (Lipinski definition) is 8. The number of carboxylic acid groups (broad SMARTS) is 1. The Hall–Kier alpha value is -3.70. The Morgan fingerprint density at radius 2 is 2.06 bits per heavy atom. The zero-order valence-corrected chi connectivity index (χ0v) is 17.9. The molecule has 1 atom stereocenters. The topological polar surface area (TPSA) is 173 Å². The van der Waals surface area contributed by atoms with Crippen LogP contribution in [0, 0.1) is 0 Å². The highest BCUT2D eigenvalue weighted by molar-refractivity contribution is 5.97. The summed E-state index contributed by atoms with van der Waals surface area (Å²) in [4.78, 5) is 39.6. The second kappa shape index (κ2) is 12.9. The molecule has 0 fully saturated rings. The monoisotopic (exact) mass is 450 g/mol. The van der Waals surface area contributed by atoms with Crippen LogP contribution >= 0.6 is 0 Å². The number of benzene rings is 1. The van der Waals surface area contributed by atoms with Gasteiger partial charge >= 0.3 is 12.0 Å². The molecule has 0 bridgehead atoms. The molecule has 1 aliphatic heterocycles. The lowest BCUT2D eigenvalue weighted by molar-refractivity contribution is -0.139. The first-order valence-corrected chi connectivity index (χ1v) is 10.4. The van der Waals surface area contributed by atoms with E-state index in [1.165, 1.54) is 18.2 Å². The Bertz CT molecular complexity index is 831. The summed E-state index contributed by atoms with van der Waals surface area (Å²) in [5.74, 6) is -1.20. The fourth-order valence-electron chi connectivity index (χ4n) is 2.73. The Morgan fingerprint density at radius 3 is 2.72 bits per heavy atom. The van der Waals surface area contributed by atoms with Gasteiger partial charge < -0.3 is 41.5 Å². The van der Waals surface area contributed by atoms with Crippen LogP contribution in [-0.2, 0) is 4.79 Å². The van der Waals surface area contributed by atoms with Gasteiger partial charge in [0.2, 0.25) is 0 Å². The van der Waals surface area contributed by atoms with Crippen LogP contribution in [0.5, 0.6) is 11.5 Å². The highest BCUT2D eigenvalue weighted by Crippen LogP contribution is 2.23. The summed E-state index contributed by atoms with van der Waals surface area (Å²) in [5.41, 5.74) is -0.0449. The number of amides is 3. The molecule has 1 heterocycles. The number of rotatable bonds is 12. The van der Waals surface area contributed by atoms with Crippen molar-refractivity contribution in [2.45, 2.75) is 25.8 Å². The summed E-state index contributed by atoms with van der Waals surface area (Å²) in [6.45, 7) is 4.39. The van der Waals surface area contributed by atoms with E-state index in [0.717, 1.165) is 31.9 Å². The molecule has 1 aromatic carbocycles. The third-order valence-corrected chi connectivity index (χ3v) is 4.44. The number of hydrogen-bond donors (Lipinski definition) is 7. The highest BCUT2D eigenvalue weighted by atomic mass is 16.5. The van der Waals surface area contributed by atoms with Crippen LogP contribution in [0.3, 0.4) is 0 Å². The molecule has 176 valence electrons. The number of aliphatic carboxylic acids is 1. The number of carbonyl (C=O) groups is 3. The minimum atomic E-state index is -1.32. The third-order valence-electron chi connectivity index (χ3n) is 4.44. The maximum Gasteiger partial charge on any atom is 0.328 e. The largest absolute Gasteiger partial charge is 0.507 e. The summed E-state index contributed by atoms with van der Waals surface area (Å²) >= 11 is 0. The maximum absolute atomic E-state index is 12.3. The summed E-state index contributed by atoms with van der Waals surface area (Å²) in [6.07, 6.45) is 1.65. The SMILES string of the molecule is CCCCNC(=O)N[C@@H](CNC(=O)c1ccc(OCCNC2=NCCN2)cc1O)C(=O)O. The van der Waals surface area contributed by atoms with E-state index in [1.54, 1.807) is 0 Å². The van der Waals surface area contributed by atoms with Crippen molar-refractivity contribution in [3.8, 4) is 11.5 Å². The van der Waals surface area contributed by atoms with Gasteiger partial charge in [-0.05, 0) is 18.6 Å². The average molecular weight is 450 g/mol. The molecule has 0 saturated carbocycles. The number of nitrogens with one attached hydrogen (secondary N) is 5. The second-order valence-electron chi connectivity index (χ2n) is 6.97. The Kier molecular flexibility index (Phi) is 9.88. The van der Waals surface area contributed by atoms with Gasteiger partial charge in [-0.2, -0.15) is 0 Å². The first-order chi connectivity index (χ1) is 15.4. The molecule has 0 radical (unpaired) electrons. The number of ether oxygens (including phenoxy) is 1. The summed E-state index contributed by atoms with van der Waals surface area (Å²) in [5, 5.41) is 32.8. The minimum absolute atomic E-state index is 0.0449. The van der Waals surface area contributed by atoms with Crippen LogP contribution in [0.2, 0.25) is 0 Å². The highest BCUT2D eigenvalue weighted by Gasteiger charge is 2.22. The lowest BCUT2D eigenvalue weighted by Crippen LogP contribution is -2.51. The molecule has 7 N–H and O–H groups in total. The maximum atomic E-state index is 12.3. The van der Waals surface area contributed by atoms with Gasteiger partial charge in [0.25, 0.3) is 5.91 Å². The molecular weight excluding hydrogens is 420 g/mol. The van der Waals surface area contributed by atoms with E-state index in [4.69, 9.17) is 4.74 Å². The van der Waals surface area contributed by atoms with Crippen LogP contribution < -0.4 is 31.3 Å². The predicted octanol–water partition coefficient (Wildman–Crippen LogP) is -0.398. The number of unbranched alkanes of at least 4 members (excludes halogenated alkanes) is 1. The molecule has 3 amide bonds. The van der Waals surface area contributed by atoms with Crippen LogP contribution in [0.1, 0.15) is 30.1 Å². The number of phenols is 1. The number of carbonyl (C=O) groups excluding carboxylic acids is 2. The van der Waals surface area contributed by atoms with E-state index in [-0.39, 0.29) is 17.9 Å². The third kappa shape index (κ3) is 8.20. The molecule has 2 rings (SSSR count). The van der Waals surface area contributed by atoms with E-state index in [0.29, 0.717) is 25.4 Å². The molecule has 0 saturated heterocycles. The Morgan fingerprint density at radius 1 is 1.25 bits per heavy atom. The second-order valence-corrected chi connectivity index (χ2v) is 6.97. The van der Waals surface area contributed by atoms with Gasteiger partial charge in [-0.15, -0.1) is 0 Å². The molecule has 32 heavy (non-hydrogen) atoms. The lowest BCUT2D eigenvalue weighted by Gasteiger charge is -2.16. The van der Waals surface area contributed by atoms with Crippen LogP contribution in [-0.4, -0.2) is 79.5 Å². The number of nitrogens with zero attached hydrogens (tertiary/aromatic N) is 1. The van der Waals surface area contributed by atoms with Crippen molar-refractivity contribution in [1.29, 1.82) is 0 Å². The van der Waals surface area contributed by atoms with Crippen LogP contribution in [0.4, 0.5) is 4.79 Å². The van der Waals surface area contributed by atoms with Crippen molar-refractivity contribution >= 4 is 23.9 Å². The van der Waals surface area contributed by atoms with Gasteiger partial charge in [-0.3, -0.25) is 9.79 Å². The van der Waals surface area contributed by atoms with E-state index in [9.17, 15) is 24.6 Å². The fourth-order valence-corrected chi connectivity index (χ4v) is 2.73. The van der Waals surface area contributed by atoms with Crippen LogP contribution in [0.25, 0.3) is 0 Å². The van der Waals surface area contributed by atoms with Crippen molar-refractivity contribution in [1.82, 2.24) is 26.6 Å². The van der Waals surface area contributed by atoms with E-state index >= 15 is 0 Å². The zero-order valence-electron chi connectivity index (χ0n) is 17.9. The lowest BCUT2D eigenvalue weighted by atomic mass is 10.1. The molecule has 0 aromatic heterocycles. The number of urea groups is 1. The normalized spacial score (nSPS) is 13.3. The number of carboxylic acids is 1. The van der Waals surface area contributed by atoms with Gasteiger partial charge in [0.15, 0.2) is 5.96 Å². The summed E-state index contributed by atoms with van der Waals surface area (Å²) < 4.78 is 5.53. The average Bonchev–Trinajstić information content (AvgIpc) is 3.27. The zero-order chi connectivity index (χ0) is 23.3. The van der Waals surface area contributed by atoms with E-state index in [1.807, 2.05) is 6.92 Å². The van der Waals surface area contributed by atoms with Crippen molar-refractivity contribution in [2.75, 3.05) is 39.3 Å². The van der Waals surface area contributed by atoms with Gasteiger partial charge in [0, 0.05) is 25.7 Å². The molecule has 12 nitrogen and oxygen atoms in total. The summed E-state index contributed by atoms with van der Waals surface area (Å²) in [7, 11) is 0. The standard InChI is InChI=1S/C20H30N6O6/c1-2-3-6-24-20(31)26-15(18(29)30)12-25-17(28)14-5-4-13(11-16(14)27)32-10-9-23-19-21-7-8-22-19/h4-5,11,15,27H,2-3,6-10,12H2,1H3,(H,25,28)(H,29,30)(H2,21,22,23)(H2,24,26,31)/t15-/m0/s1. The van der Waals surface area contributed by atoms with Crippen molar-refractivity contribution in [3.63, 3.8) is 0 Å². The number of aromatic hydroxyl groups is 1. The minimum Gasteiger partial charge on any atom is -0.507 e. The molecule has 0 aliphatic carbocycles. The van der Waals surface area contributed by atoms with E-state index in [2.05, 4.69) is 31.6 Å². The molecule has 1 aliphatic rings. The van der Waals surface area contributed by atoms with Gasteiger partial charge in [-0.25, -0.2) is 9.59 Å². The molecular formula is C20H30N6O6. The number of guanidine groups is 1. The summed E-state index contributed by atoms with van der Waals surface area (Å²) in [6, 6.07) is 2.24. The quantitative estimate of drug-likeness (QED) is 0.211. The van der Waals surface area contributed by atoms with Crippen molar-refractivity contribution < 1.29 is 29.3 Å². The van der Waals surface area contributed by atoms with Crippen molar-refractivity contribution in [2.24, 2.45) is 4.99 Å². The Labute approximate surface area is 185 Å².